The van der Waals surface area contributed by atoms with Gasteiger partial charge in [-0.3, -0.25) is 4.79 Å². The summed E-state index contributed by atoms with van der Waals surface area (Å²) >= 11 is 0. The fourth-order valence-electron chi connectivity index (χ4n) is 2.55. The molecular weight excluding hydrogens is 328 g/mol. The predicted molar refractivity (Wildman–Crippen MR) is 79.1 cm³/mol. The third-order valence-electron chi connectivity index (χ3n) is 3.83. The molecule has 0 aromatic heterocycles. The van der Waals surface area contributed by atoms with Gasteiger partial charge in [0.15, 0.2) is 0 Å². The molecule has 126 valence electrons. The van der Waals surface area contributed by atoms with Crippen molar-refractivity contribution in [2.24, 2.45) is 5.10 Å². The van der Waals surface area contributed by atoms with E-state index >= 15 is 0 Å². The summed E-state index contributed by atoms with van der Waals surface area (Å²) in [6, 6.07) is 11.4. The predicted octanol–water partition coefficient (Wildman–Crippen LogP) is 3.26. The fourth-order valence-corrected chi connectivity index (χ4v) is 2.55. The average molecular weight is 340 g/mol. The Balaban J connectivity index is 2.01. The molecule has 8 heteroatoms. The van der Waals surface area contributed by atoms with E-state index in [0.29, 0.717) is 5.39 Å². The number of rotatable bonds is 3. The minimum atomic E-state index is -3.44. The molecule has 2 aromatic rings. The lowest BCUT2D eigenvalue weighted by molar-refractivity contribution is -0.164. The Morgan fingerprint density at radius 2 is 1.79 bits per heavy atom. The van der Waals surface area contributed by atoms with Gasteiger partial charge in [-0.05, 0) is 22.9 Å². The molecule has 0 saturated heterocycles. The quantitative estimate of drug-likeness (QED) is 0.872. The maximum absolute atomic E-state index is 13.2. The molecule has 24 heavy (non-hydrogen) atoms. The Kier molecular flexibility index (Phi) is 4.00. The second-order valence-corrected chi connectivity index (χ2v) is 5.43. The monoisotopic (exact) mass is 340 g/mol. The molecular formula is C16H12F4N2O2. The number of alkyl halides is 4. The van der Waals surface area contributed by atoms with Crippen molar-refractivity contribution in [3.8, 4) is 0 Å². The maximum atomic E-state index is 13.2. The zero-order valence-electron chi connectivity index (χ0n) is 12.2. The van der Waals surface area contributed by atoms with Crippen molar-refractivity contribution in [3.05, 3.63) is 48.0 Å². The van der Waals surface area contributed by atoms with E-state index in [9.17, 15) is 27.5 Å². The van der Waals surface area contributed by atoms with Gasteiger partial charge in [-0.25, -0.2) is 17.6 Å². The van der Waals surface area contributed by atoms with Crippen LogP contribution >= 0.6 is 0 Å². The summed E-state index contributed by atoms with van der Waals surface area (Å²) in [4.78, 5) is 12.5. The van der Waals surface area contributed by atoms with Crippen LogP contribution < -0.4 is 0 Å². The van der Waals surface area contributed by atoms with Gasteiger partial charge in [-0.15, -0.1) is 0 Å². The summed E-state index contributed by atoms with van der Waals surface area (Å²) in [5, 5.41) is 14.8. The molecule has 1 amide bonds. The smallest absolute Gasteiger partial charge is 0.287 e. The number of hydrogen-bond acceptors (Lipinski definition) is 3. The lowest BCUT2D eigenvalue weighted by Gasteiger charge is -2.30. The van der Waals surface area contributed by atoms with Crippen molar-refractivity contribution in [3.63, 3.8) is 0 Å². The first-order valence-electron chi connectivity index (χ1n) is 7.02. The lowest BCUT2D eigenvalue weighted by Crippen LogP contribution is -2.51. The van der Waals surface area contributed by atoms with Crippen LogP contribution in [0, 0.1) is 0 Å². The Morgan fingerprint density at radius 1 is 1.12 bits per heavy atom. The number of amides is 1. The van der Waals surface area contributed by atoms with Crippen molar-refractivity contribution in [1.29, 1.82) is 0 Å². The highest BCUT2D eigenvalue weighted by molar-refractivity contribution is 6.01. The van der Waals surface area contributed by atoms with Crippen molar-refractivity contribution in [2.45, 2.75) is 25.0 Å². The first-order valence-corrected chi connectivity index (χ1v) is 7.02. The normalized spacial score (nSPS) is 21.0. The van der Waals surface area contributed by atoms with Gasteiger partial charge in [-0.2, -0.15) is 10.1 Å². The Bertz CT molecular complexity index is 825. The second-order valence-electron chi connectivity index (χ2n) is 5.43. The summed E-state index contributed by atoms with van der Waals surface area (Å²) in [5.74, 6) is -1.07. The largest absolute Gasteiger partial charge is 0.364 e. The summed E-state index contributed by atoms with van der Waals surface area (Å²) in [5.41, 5.74) is -4.06. The molecule has 1 atom stereocenters. The van der Waals surface area contributed by atoms with Crippen molar-refractivity contribution >= 4 is 22.4 Å². The van der Waals surface area contributed by atoms with Gasteiger partial charge in [0, 0.05) is 12.0 Å². The number of carbonyl (C=O) groups is 1. The SMILES string of the molecule is O=C(c1ccc2ccccc2c1)N1N=C(C(F)F)CC1(O)C(F)F. The number of carbonyl (C=O) groups excluding carboxylic acids is 1. The molecule has 4 nitrogen and oxygen atoms in total. The van der Waals surface area contributed by atoms with E-state index in [1.54, 1.807) is 30.3 Å². The van der Waals surface area contributed by atoms with Gasteiger partial charge < -0.3 is 5.11 Å². The van der Waals surface area contributed by atoms with E-state index in [1.807, 2.05) is 0 Å². The Labute approximate surface area is 134 Å². The van der Waals surface area contributed by atoms with Crippen LogP contribution in [0.25, 0.3) is 10.8 Å². The van der Waals surface area contributed by atoms with Gasteiger partial charge in [0.25, 0.3) is 18.8 Å². The molecule has 2 aromatic carbocycles. The third kappa shape index (κ3) is 2.62. The minimum absolute atomic E-state index is 0.0351. The van der Waals surface area contributed by atoms with Gasteiger partial charge in [0.1, 0.15) is 5.71 Å². The van der Waals surface area contributed by atoms with Gasteiger partial charge >= 0.3 is 0 Å². The molecule has 1 heterocycles. The van der Waals surface area contributed by atoms with Crippen LogP contribution in [0.15, 0.2) is 47.6 Å². The number of halogens is 4. The topological polar surface area (TPSA) is 52.9 Å². The number of aliphatic hydroxyl groups is 1. The van der Waals surface area contributed by atoms with Crippen molar-refractivity contribution in [2.75, 3.05) is 0 Å². The van der Waals surface area contributed by atoms with E-state index in [2.05, 4.69) is 5.10 Å². The zero-order chi connectivity index (χ0) is 17.5. The Hall–Kier alpha value is -2.48. The Morgan fingerprint density at radius 3 is 2.42 bits per heavy atom. The first kappa shape index (κ1) is 16.4. The minimum Gasteiger partial charge on any atom is -0.364 e. The number of benzene rings is 2. The van der Waals surface area contributed by atoms with E-state index < -0.39 is 36.6 Å². The van der Waals surface area contributed by atoms with Crippen molar-refractivity contribution in [1.82, 2.24) is 5.01 Å². The highest BCUT2D eigenvalue weighted by Crippen LogP contribution is 2.34. The summed E-state index contributed by atoms with van der Waals surface area (Å²) < 4.78 is 51.9. The van der Waals surface area contributed by atoms with E-state index in [1.165, 1.54) is 12.1 Å². The van der Waals surface area contributed by atoms with Gasteiger partial charge in [-0.1, -0.05) is 30.3 Å². The first-order chi connectivity index (χ1) is 11.3. The molecule has 0 aliphatic carbocycles. The van der Waals surface area contributed by atoms with Gasteiger partial charge in [0.05, 0.1) is 0 Å². The van der Waals surface area contributed by atoms with Gasteiger partial charge in [0.2, 0.25) is 5.72 Å². The lowest BCUT2D eigenvalue weighted by atomic mass is 10.0. The summed E-state index contributed by atoms with van der Waals surface area (Å²) in [6.45, 7) is 0. The molecule has 0 spiro atoms. The van der Waals surface area contributed by atoms with E-state index in [-0.39, 0.29) is 10.6 Å². The van der Waals surface area contributed by atoms with Crippen LogP contribution in [-0.4, -0.2) is 40.3 Å². The molecule has 3 rings (SSSR count). The van der Waals surface area contributed by atoms with Crippen LogP contribution in [-0.2, 0) is 0 Å². The highest BCUT2D eigenvalue weighted by Gasteiger charge is 2.53. The standard InChI is InChI=1S/C16H12F4N2O2/c17-13(18)12-8-16(24,15(19)20)22(21-12)14(23)11-6-5-9-3-1-2-4-10(9)7-11/h1-7,13,15,24H,8H2. The second kappa shape index (κ2) is 5.86. The molecule has 1 unspecified atom stereocenters. The number of fused-ring (bicyclic) bond motifs is 1. The average Bonchev–Trinajstić information content (AvgIpc) is 2.93. The fraction of sp³-hybridized carbons (Fsp3) is 0.250. The number of nitrogens with zero attached hydrogens (tertiary/aromatic N) is 2. The number of hydrogen-bond donors (Lipinski definition) is 1. The molecule has 0 radical (unpaired) electrons. The molecule has 1 N–H and O–H groups in total. The zero-order valence-corrected chi connectivity index (χ0v) is 12.2. The van der Waals surface area contributed by atoms with Crippen LogP contribution in [0.2, 0.25) is 0 Å². The highest BCUT2D eigenvalue weighted by atomic mass is 19.3. The summed E-state index contributed by atoms with van der Waals surface area (Å²) in [7, 11) is 0. The molecule has 0 fully saturated rings. The third-order valence-corrected chi connectivity index (χ3v) is 3.83. The molecule has 1 aliphatic heterocycles. The van der Waals surface area contributed by atoms with Crippen LogP contribution in [0.4, 0.5) is 17.6 Å². The molecule has 1 aliphatic rings. The molecule has 0 saturated carbocycles. The summed E-state index contributed by atoms with van der Waals surface area (Å²) in [6.07, 6.45) is -7.67. The maximum Gasteiger partial charge on any atom is 0.287 e. The van der Waals surface area contributed by atoms with Crippen LogP contribution in [0.5, 0.6) is 0 Å². The van der Waals surface area contributed by atoms with E-state index in [4.69, 9.17) is 0 Å². The van der Waals surface area contributed by atoms with Crippen molar-refractivity contribution < 1.29 is 27.5 Å². The number of hydrazone groups is 1. The molecule has 0 bridgehead atoms. The van der Waals surface area contributed by atoms with E-state index in [0.717, 1.165) is 5.39 Å². The van der Waals surface area contributed by atoms with Crippen LogP contribution in [0.3, 0.4) is 0 Å². The van der Waals surface area contributed by atoms with Crippen LogP contribution in [0.1, 0.15) is 16.8 Å².